The van der Waals surface area contributed by atoms with Gasteiger partial charge < -0.3 is 9.13 Å². The highest BCUT2D eigenvalue weighted by Crippen LogP contribution is 2.41. The predicted octanol–water partition coefficient (Wildman–Crippen LogP) is 8.21. The van der Waals surface area contributed by atoms with Gasteiger partial charge in [0.25, 0.3) is 6.71 Å². The summed E-state index contributed by atoms with van der Waals surface area (Å²) in [6.45, 7) is 0.0608. The Labute approximate surface area is 293 Å². The van der Waals surface area contributed by atoms with Crippen LogP contribution in [0.15, 0.2) is 158 Å². The maximum absolute atomic E-state index is 4.65. The molecule has 0 bridgehead atoms. The molecule has 0 fully saturated rings. The lowest BCUT2D eigenvalue weighted by molar-refractivity contribution is 1.05. The van der Waals surface area contributed by atoms with Crippen molar-refractivity contribution in [1.29, 1.82) is 0 Å². The first-order valence-electron chi connectivity index (χ1n) is 17.4. The molecule has 12 rings (SSSR count). The van der Waals surface area contributed by atoms with E-state index in [9.17, 15) is 0 Å². The van der Waals surface area contributed by atoms with E-state index in [-0.39, 0.29) is 6.71 Å². The van der Waals surface area contributed by atoms with Crippen LogP contribution in [0.2, 0.25) is 0 Å². The predicted molar refractivity (Wildman–Crippen MR) is 209 cm³/mol. The Morgan fingerprint density at radius 2 is 0.922 bits per heavy atom. The maximum Gasteiger partial charge on any atom is 0.252 e. The number of aromatic nitrogens is 5. The summed E-state index contributed by atoms with van der Waals surface area (Å²) < 4.78 is 5.00. The average Bonchev–Trinajstić information content (AvgIpc) is 3.72. The molecular weight excluding hydrogens is 621 g/mol. The van der Waals surface area contributed by atoms with Crippen LogP contribution in [0.25, 0.3) is 88.6 Å². The van der Waals surface area contributed by atoms with E-state index in [1.54, 1.807) is 12.7 Å². The van der Waals surface area contributed by atoms with E-state index in [0.717, 1.165) is 5.56 Å². The fourth-order valence-corrected chi connectivity index (χ4v) is 9.06. The SMILES string of the molecule is c1ccc(-c2ccc3c(c2)c2cccc4c2n3-c2cc(-c3ncncn3)cc3c2B4c2cccc4c5cc(-c6ccccc6)ccc5n-3c24)cc1. The summed E-state index contributed by atoms with van der Waals surface area (Å²) in [5, 5.41) is 5.04. The third-order valence-corrected chi connectivity index (χ3v) is 11.1. The smallest absolute Gasteiger partial charge is 0.252 e. The monoisotopic (exact) mass is 647 g/mol. The van der Waals surface area contributed by atoms with Gasteiger partial charge in [-0.3, -0.25) is 0 Å². The van der Waals surface area contributed by atoms with Crippen LogP contribution in [0.4, 0.5) is 0 Å². The largest absolute Gasteiger partial charge is 0.310 e. The molecule has 5 nitrogen and oxygen atoms in total. The molecular formula is C45H26BN5. The second-order valence-corrected chi connectivity index (χ2v) is 13.7. The van der Waals surface area contributed by atoms with Crippen LogP contribution in [-0.2, 0) is 0 Å². The number of hydrogen-bond donors (Lipinski definition) is 0. The van der Waals surface area contributed by atoms with Crippen molar-refractivity contribution in [2.24, 2.45) is 0 Å². The van der Waals surface area contributed by atoms with Crippen LogP contribution in [-0.4, -0.2) is 30.8 Å². The molecule has 0 radical (unpaired) electrons. The fourth-order valence-electron chi connectivity index (χ4n) is 9.06. The molecule has 0 atom stereocenters. The number of hydrogen-bond acceptors (Lipinski definition) is 3. The van der Waals surface area contributed by atoms with E-state index < -0.39 is 0 Å². The topological polar surface area (TPSA) is 48.5 Å². The summed E-state index contributed by atoms with van der Waals surface area (Å²) in [5.41, 5.74) is 17.1. The van der Waals surface area contributed by atoms with Gasteiger partial charge in [0.15, 0.2) is 5.82 Å². The van der Waals surface area contributed by atoms with Gasteiger partial charge in [-0.05, 0) is 75.0 Å². The van der Waals surface area contributed by atoms with Crippen LogP contribution >= 0.6 is 0 Å². The lowest BCUT2D eigenvalue weighted by atomic mass is 9.34. The first-order chi connectivity index (χ1) is 25.3. The average molecular weight is 648 g/mol. The van der Waals surface area contributed by atoms with E-state index in [1.165, 1.54) is 93.6 Å². The highest BCUT2D eigenvalue weighted by atomic mass is 15.0. The standard InChI is InChI=1S/C45H26BN5/c1-3-9-27(10-4-1)29-17-19-38-34(21-29)32-13-7-15-36-43(32)50(38)40-23-31(45-48-25-47-26-49-45)24-41-42(40)46(36)37-16-8-14-33-35-22-30(28-11-5-2-6-12-28)18-20-39(35)51(41)44(33)37/h1-26H. The van der Waals surface area contributed by atoms with Gasteiger partial charge >= 0.3 is 0 Å². The minimum absolute atomic E-state index is 0.0608. The van der Waals surface area contributed by atoms with Gasteiger partial charge in [-0.2, -0.15) is 0 Å². The van der Waals surface area contributed by atoms with Gasteiger partial charge in [0.1, 0.15) is 12.7 Å². The summed E-state index contributed by atoms with van der Waals surface area (Å²) in [6, 6.07) is 53.6. The van der Waals surface area contributed by atoms with Gasteiger partial charge in [0.05, 0.1) is 11.0 Å². The summed E-state index contributed by atoms with van der Waals surface area (Å²) in [4.78, 5) is 13.4. The molecule has 0 aliphatic carbocycles. The molecule has 10 aromatic rings. The van der Waals surface area contributed by atoms with Crippen LogP contribution in [0, 0.1) is 0 Å². The molecule has 3 aromatic heterocycles. The summed E-state index contributed by atoms with van der Waals surface area (Å²) in [6.07, 6.45) is 3.17. The molecule has 0 spiro atoms. The summed E-state index contributed by atoms with van der Waals surface area (Å²) >= 11 is 0. The molecule has 0 unspecified atom stereocenters. The highest BCUT2D eigenvalue weighted by Gasteiger charge is 2.41. The molecule has 7 aromatic carbocycles. The fraction of sp³-hybridized carbons (Fsp3) is 0. The molecule has 2 aliphatic heterocycles. The minimum atomic E-state index is 0.0608. The van der Waals surface area contributed by atoms with Gasteiger partial charge in [0, 0.05) is 49.5 Å². The number of rotatable bonds is 3. The molecule has 0 N–H and O–H groups in total. The van der Waals surface area contributed by atoms with Crippen molar-refractivity contribution in [2.75, 3.05) is 0 Å². The molecule has 5 heterocycles. The summed E-state index contributed by atoms with van der Waals surface area (Å²) in [5.74, 6) is 0.663. The normalized spacial score (nSPS) is 12.7. The molecule has 0 saturated heterocycles. The van der Waals surface area contributed by atoms with Crippen molar-refractivity contribution in [3.63, 3.8) is 0 Å². The third-order valence-electron chi connectivity index (χ3n) is 11.1. The van der Waals surface area contributed by atoms with E-state index in [1.807, 2.05) is 0 Å². The first kappa shape index (κ1) is 27.1. The van der Waals surface area contributed by atoms with Gasteiger partial charge in [0.2, 0.25) is 0 Å². The Hall–Kier alpha value is -6.79. The van der Waals surface area contributed by atoms with Crippen molar-refractivity contribution in [1.82, 2.24) is 24.1 Å². The van der Waals surface area contributed by atoms with Crippen LogP contribution in [0.5, 0.6) is 0 Å². The van der Waals surface area contributed by atoms with Crippen LogP contribution in [0.3, 0.4) is 0 Å². The Bertz CT molecular complexity index is 2890. The van der Waals surface area contributed by atoms with Crippen molar-refractivity contribution < 1.29 is 0 Å². The second-order valence-electron chi connectivity index (χ2n) is 13.7. The molecule has 0 amide bonds. The molecule has 0 saturated carbocycles. The quantitative estimate of drug-likeness (QED) is 0.182. The molecule has 234 valence electrons. The van der Waals surface area contributed by atoms with Gasteiger partial charge in [-0.15, -0.1) is 0 Å². The Morgan fingerprint density at radius 3 is 1.43 bits per heavy atom. The number of nitrogens with zero attached hydrogens (tertiary/aromatic N) is 5. The van der Waals surface area contributed by atoms with Gasteiger partial charge in [-0.1, -0.05) is 109 Å². The van der Waals surface area contributed by atoms with Gasteiger partial charge in [-0.25, -0.2) is 15.0 Å². The Balaban J connectivity index is 1.23. The summed E-state index contributed by atoms with van der Waals surface area (Å²) in [7, 11) is 0. The van der Waals surface area contributed by atoms with E-state index in [2.05, 4.69) is 170 Å². The highest BCUT2D eigenvalue weighted by molar-refractivity contribution is 7.00. The zero-order chi connectivity index (χ0) is 33.2. The van der Waals surface area contributed by atoms with E-state index >= 15 is 0 Å². The Kier molecular flexibility index (Phi) is 5.26. The number of fused-ring (bicyclic) bond motifs is 10. The lowest BCUT2D eigenvalue weighted by Crippen LogP contribution is -2.59. The van der Waals surface area contributed by atoms with Crippen molar-refractivity contribution >= 4 is 66.7 Å². The number of benzene rings is 7. The van der Waals surface area contributed by atoms with E-state index in [0.29, 0.717) is 5.82 Å². The minimum Gasteiger partial charge on any atom is -0.310 e. The first-order valence-corrected chi connectivity index (χ1v) is 17.4. The maximum atomic E-state index is 4.65. The Morgan fingerprint density at radius 1 is 0.412 bits per heavy atom. The van der Waals surface area contributed by atoms with Crippen molar-refractivity contribution in [2.45, 2.75) is 0 Å². The lowest BCUT2D eigenvalue weighted by Gasteiger charge is -2.34. The van der Waals surface area contributed by atoms with Crippen molar-refractivity contribution in [3.05, 3.63) is 158 Å². The zero-order valence-electron chi connectivity index (χ0n) is 27.3. The number of para-hydroxylation sites is 2. The molecule has 6 heteroatoms. The van der Waals surface area contributed by atoms with Crippen LogP contribution in [0.1, 0.15) is 0 Å². The van der Waals surface area contributed by atoms with Crippen LogP contribution < -0.4 is 16.4 Å². The second kappa shape index (κ2) is 9.90. The molecule has 51 heavy (non-hydrogen) atoms. The molecule has 2 aliphatic rings. The zero-order valence-corrected chi connectivity index (χ0v) is 27.3. The third kappa shape index (κ3) is 3.58. The van der Waals surface area contributed by atoms with Crippen molar-refractivity contribution in [3.8, 4) is 45.0 Å². The van der Waals surface area contributed by atoms with E-state index in [4.69, 9.17) is 0 Å².